The normalized spacial score (nSPS) is 18.0. The van der Waals surface area contributed by atoms with Crippen LogP contribution < -0.4 is 5.32 Å². The van der Waals surface area contributed by atoms with Crippen LogP contribution in [0.15, 0.2) is 36.4 Å². The van der Waals surface area contributed by atoms with Crippen LogP contribution in [0.4, 0.5) is 5.69 Å². The maximum Gasteiger partial charge on any atom is 0.337 e. The summed E-state index contributed by atoms with van der Waals surface area (Å²) in [6.07, 6.45) is 9.15. The Balaban J connectivity index is 2.09. The van der Waals surface area contributed by atoms with E-state index in [1.165, 1.54) is 7.11 Å². The molecule has 2 rings (SSSR count). The van der Waals surface area contributed by atoms with Crippen molar-refractivity contribution in [3.63, 3.8) is 0 Å². The number of carbonyl (C=O) groups excluding carboxylic acids is 3. The Morgan fingerprint density at radius 1 is 0.967 bits per heavy atom. The Labute approximate surface area is 179 Å². The molecule has 6 nitrogen and oxygen atoms in total. The van der Waals surface area contributed by atoms with Gasteiger partial charge in [0.2, 0.25) is 11.8 Å². The van der Waals surface area contributed by atoms with Crippen molar-refractivity contribution < 1.29 is 19.1 Å². The Bertz CT molecular complexity index is 734. The van der Waals surface area contributed by atoms with Gasteiger partial charge in [-0.2, -0.15) is 0 Å². The van der Waals surface area contributed by atoms with Crippen LogP contribution in [0.2, 0.25) is 0 Å². The maximum absolute atomic E-state index is 13.3. The van der Waals surface area contributed by atoms with Gasteiger partial charge in [0.15, 0.2) is 0 Å². The van der Waals surface area contributed by atoms with E-state index in [1.54, 1.807) is 24.3 Å². The van der Waals surface area contributed by atoms with Crippen molar-refractivity contribution in [2.45, 2.75) is 52.4 Å². The van der Waals surface area contributed by atoms with Gasteiger partial charge in [0.1, 0.15) is 0 Å². The van der Waals surface area contributed by atoms with Crippen molar-refractivity contribution in [1.82, 2.24) is 4.90 Å². The van der Waals surface area contributed by atoms with Crippen LogP contribution in [0.1, 0.15) is 62.7 Å². The summed E-state index contributed by atoms with van der Waals surface area (Å²) >= 11 is 0. The number of anilines is 1. The SMILES string of the molecule is CCCCN(CCCC)C(=O)C1CC=CCC1C(=O)Nc1ccc(C(=O)OC)cc1. The fourth-order valence-electron chi connectivity index (χ4n) is 3.68. The predicted molar refractivity (Wildman–Crippen MR) is 118 cm³/mol. The summed E-state index contributed by atoms with van der Waals surface area (Å²) in [5.41, 5.74) is 1.02. The molecule has 0 aromatic heterocycles. The lowest BCUT2D eigenvalue weighted by Gasteiger charge is -2.32. The summed E-state index contributed by atoms with van der Waals surface area (Å²) in [6.45, 7) is 5.73. The summed E-state index contributed by atoms with van der Waals surface area (Å²) in [5.74, 6) is -1.22. The zero-order valence-electron chi connectivity index (χ0n) is 18.4. The van der Waals surface area contributed by atoms with Crippen molar-refractivity contribution >= 4 is 23.5 Å². The minimum absolute atomic E-state index is 0.0856. The second-order valence-corrected chi connectivity index (χ2v) is 7.75. The number of nitrogens with zero attached hydrogens (tertiary/aromatic N) is 1. The van der Waals surface area contributed by atoms with E-state index in [4.69, 9.17) is 4.74 Å². The molecule has 164 valence electrons. The van der Waals surface area contributed by atoms with Gasteiger partial charge in [-0.1, -0.05) is 38.8 Å². The summed E-state index contributed by atoms with van der Waals surface area (Å²) in [7, 11) is 1.33. The second-order valence-electron chi connectivity index (χ2n) is 7.75. The Hall–Kier alpha value is -2.63. The van der Waals surface area contributed by atoms with Gasteiger partial charge in [0.05, 0.1) is 24.5 Å². The first-order valence-electron chi connectivity index (χ1n) is 10.9. The standard InChI is InChI=1S/C24H34N2O4/c1-4-6-16-26(17-7-5-2)23(28)21-11-9-8-10-20(21)22(27)25-19-14-12-18(13-15-19)24(29)30-3/h8-9,12-15,20-21H,4-7,10-11,16-17H2,1-3H3,(H,25,27). The summed E-state index contributed by atoms with van der Waals surface area (Å²) < 4.78 is 4.70. The topological polar surface area (TPSA) is 75.7 Å². The largest absolute Gasteiger partial charge is 0.465 e. The first-order chi connectivity index (χ1) is 14.5. The van der Waals surface area contributed by atoms with Gasteiger partial charge < -0.3 is 15.0 Å². The van der Waals surface area contributed by atoms with Gasteiger partial charge in [-0.05, 0) is 49.9 Å². The molecule has 0 radical (unpaired) electrons. The molecular weight excluding hydrogens is 380 g/mol. The van der Waals surface area contributed by atoms with Gasteiger partial charge in [-0.25, -0.2) is 4.79 Å². The van der Waals surface area contributed by atoms with E-state index in [0.29, 0.717) is 24.1 Å². The van der Waals surface area contributed by atoms with Gasteiger partial charge in [-0.3, -0.25) is 9.59 Å². The lowest BCUT2D eigenvalue weighted by atomic mass is 9.81. The average molecular weight is 415 g/mol. The molecule has 0 aliphatic heterocycles. The molecule has 2 amide bonds. The number of esters is 1. The van der Waals surface area contributed by atoms with E-state index < -0.39 is 11.9 Å². The highest BCUT2D eigenvalue weighted by Gasteiger charge is 2.36. The van der Waals surface area contributed by atoms with Crippen LogP contribution in [0, 0.1) is 11.8 Å². The predicted octanol–water partition coefficient (Wildman–Crippen LogP) is 4.42. The average Bonchev–Trinajstić information content (AvgIpc) is 2.78. The Kier molecular flexibility index (Phi) is 9.58. The Morgan fingerprint density at radius 2 is 1.53 bits per heavy atom. The van der Waals surface area contributed by atoms with E-state index in [-0.39, 0.29) is 17.7 Å². The molecule has 30 heavy (non-hydrogen) atoms. The van der Waals surface area contributed by atoms with E-state index in [9.17, 15) is 14.4 Å². The van der Waals surface area contributed by atoms with Crippen LogP contribution in [0.5, 0.6) is 0 Å². The number of nitrogens with one attached hydrogen (secondary N) is 1. The highest BCUT2D eigenvalue weighted by Crippen LogP contribution is 2.29. The molecule has 0 heterocycles. The lowest BCUT2D eigenvalue weighted by molar-refractivity contribution is -0.141. The fourth-order valence-corrected chi connectivity index (χ4v) is 3.68. The number of allylic oxidation sites excluding steroid dienone is 2. The van der Waals surface area contributed by atoms with E-state index >= 15 is 0 Å². The van der Waals surface area contributed by atoms with Crippen LogP contribution in [-0.4, -0.2) is 42.9 Å². The zero-order valence-corrected chi connectivity index (χ0v) is 18.4. The molecule has 2 atom stereocenters. The van der Waals surface area contributed by atoms with E-state index in [2.05, 4.69) is 19.2 Å². The number of unbranched alkanes of at least 4 members (excludes halogenated alkanes) is 2. The molecule has 0 fully saturated rings. The first kappa shape index (κ1) is 23.6. The molecule has 0 saturated heterocycles. The second kappa shape index (κ2) is 12.2. The number of ether oxygens (including phenoxy) is 1. The molecule has 1 aliphatic carbocycles. The third kappa shape index (κ3) is 6.44. The molecule has 2 unspecified atom stereocenters. The third-order valence-corrected chi connectivity index (χ3v) is 5.53. The Morgan fingerprint density at radius 3 is 2.07 bits per heavy atom. The first-order valence-corrected chi connectivity index (χ1v) is 10.9. The van der Waals surface area contributed by atoms with Gasteiger partial charge in [0, 0.05) is 18.8 Å². The molecule has 1 aromatic carbocycles. The quantitative estimate of drug-likeness (QED) is 0.454. The van der Waals surface area contributed by atoms with Crippen LogP contribution in [0.25, 0.3) is 0 Å². The van der Waals surface area contributed by atoms with Crippen LogP contribution in [0.3, 0.4) is 0 Å². The van der Waals surface area contributed by atoms with Crippen molar-refractivity contribution in [2.75, 3.05) is 25.5 Å². The monoisotopic (exact) mass is 414 g/mol. The van der Waals surface area contributed by atoms with Gasteiger partial charge in [0.25, 0.3) is 0 Å². The number of hydrogen-bond acceptors (Lipinski definition) is 4. The lowest BCUT2D eigenvalue weighted by Crippen LogP contribution is -2.43. The molecule has 6 heteroatoms. The van der Waals surface area contributed by atoms with Gasteiger partial charge >= 0.3 is 5.97 Å². The van der Waals surface area contributed by atoms with Crippen molar-refractivity contribution in [1.29, 1.82) is 0 Å². The smallest absolute Gasteiger partial charge is 0.337 e. The molecule has 1 N–H and O–H groups in total. The number of benzene rings is 1. The van der Waals surface area contributed by atoms with E-state index in [0.717, 1.165) is 38.8 Å². The zero-order chi connectivity index (χ0) is 21.9. The summed E-state index contributed by atoms with van der Waals surface area (Å²) in [6, 6.07) is 6.58. The number of rotatable bonds is 10. The van der Waals surface area contributed by atoms with Crippen LogP contribution >= 0.6 is 0 Å². The van der Waals surface area contributed by atoms with Gasteiger partial charge in [-0.15, -0.1) is 0 Å². The van der Waals surface area contributed by atoms with Crippen molar-refractivity contribution in [2.24, 2.45) is 11.8 Å². The van der Waals surface area contributed by atoms with Crippen molar-refractivity contribution in [3.05, 3.63) is 42.0 Å². The number of amides is 2. The number of methoxy groups -OCH3 is 1. The number of carbonyl (C=O) groups is 3. The molecular formula is C24H34N2O4. The van der Waals surface area contributed by atoms with Crippen LogP contribution in [-0.2, 0) is 14.3 Å². The minimum Gasteiger partial charge on any atom is -0.465 e. The summed E-state index contributed by atoms with van der Waals surface area (Å²) in [4.78, 5) is 39.8. The molecule has 1 aliphatic rings. The highest BCUT2D eigenvalue weighted by molar-refractivity contribution is 5.97. The third-order valence-electron chi connectivity index (χ3n) is 5.53. The molecule has 0 spiro atoms. The number of hydrogen-bond donors (Lipinski definition) is 1. The van der Waals surface area contributed by atoms with E-state index in [1.807, 2.05) is 17.1 Å². The highest BCUT2D eigenvalue weighted by atomic mass is 16.5. The molecule has 0 bridgehead atoms. The molecule has 1 aromatic rings. The van der Waals surface area contributed by atoms with Crippen molar-refractivity contribution in [3.8, 4) is 0 Å². The molecule has 0 saturated carbocycles. The maximum atomic E-state index is 13.3. The minimum atomic E-state index is -0.421. The summed E-state index contributed by atoms with van der Waals surface area (Å²) in [5, 5.41) is 2.91. The fraction of sp³-hybridized carbons (Fsp3) is 0.542.